The number of halogens is 1. The van der Waals surface area contributed by atoms with E-state index in [2.05, 4.69) is 21.2 Å². The number of carbonyl (C=O) groups is 1. The van der Waals surface area contributed by atoms with Gasteiger partial charge in [-0.15, -0.1) is 0 Å². The van der Waals surface area contributed by atoms with Gasteiger partial charge in [0.05, 0.1) is 12.5 Å². The second-order valence-corrected chi connectivity index (χ2v) is 5.21. The smallest absolute Gasteiger partial charge is 0.227 e. The fourth-order valence-electron chi connectivity index (χ4n) is 2.06. The molecule has 4 heteroatoms. The van der Waals surface area contributed by atoms with E-state index >= 15 is 0 Å². The lowest BCUT2D eigenvalue weighted by Gasteiger charge is -2.37. The van der Waals surface area contributed by atoms with Gasteiger partial charge in [-0.05, 0) is 24.6 Å². The van der Waals surface area contributed by atoms with Crippen LogP contribution in [0.25, 0.3) is 0 Å². The number of nitrogens with zero attached hydrogens (tertiary/aromatic N) is 1. The zero-order valence-electron chi connectivity index (χ0n) is 9.95. The lowest BCUT2D eigenvalue weighted by molar-refractivity contribution is -0.133. The van der Waals surface area contributed by atoms with Crippen molar-refractivity contribution in [3.63, 3.8) is 0 Å². The topological polar surface area (TPSA) is 32.3 Å². The first-order valence-corrected chi connectivity index (χ1v) is 6.74. The fraction of sp³-hybridized carbons (Fsp3) is 0.462. The molecule has 1 aliphatic heterocycles. The summed E-state index contributed by atoms with van der Waals surface area (Å²) in [6, 6.07) is 8.33. The molecule has 1 aromatic rings. The average molecular weight is 297 g/mol. The molecule has 3 nitrogen and oxygen atoms in total. The van der Waals surface area contributed by atoms with Gasteiger partial charge in [-0.3, -0.25) is 4.79 Å². The molecule has 0 aliphatic carbocycles. The second kappa shape index (κ2) is 5.65. The molecule has 0 spiro atoms. The molecule has 1 N–H and O–H groups in total. The number of carbonyl (C=O) groups excluding carboxylic acids is 1. The summed E-state index contributed by atoms with van der Waals surface area (Å²) in [5, 5.41) is 3.20. The van der Waals surface area contributed by atoms with Crippen LogP contribution in [0, 0.1) is 0 Å². The van der Waals surface area contributed by atoms with E-state index in [1.165, 1.54) is 0 Å². The number of hydrogen-bond donors (Lipinski definition) is 1. The first-order valence-electron chi connectivity index (χ1n) is 5.95. The largest absolute Gasteiger partial charge is 0.337 e. The quantitative estimate of drug-likeness (QED) is 0.919. The van der Waals surface area contributed by atoms with Gasteiger partial charge in [-0.25, -0.2) is 0 Å². The Morgan fingerprint density at radius 1 is 1.53 bits per heavy atom. The van der Waals surface area contributed by atoms with Gasteiger partial charge in [-0.2, -0.15) is 0 Å². The molecule has 1 aromatic carbocycles. The zero-order valence-corrected chi connectivity index (χ0v) is 11.5. The molecule has 1 fully saturated rings. The van der Waals surface area contributed by atoms with Crippen LogP contribution in [0.1, 0.15) is 12.5 Å². The van der Waals surface area contributed by atoms with Gasteiger partial charge in [0.1, 0.15) is 0 Å². The van der Waals surface area contributed by atoms with Crippen LogP contribution in [0.3, 0.4) is 0 Å². The van der Waals surface area contributed by atoms with Gasteiger partial charge in [0.15, 0.2) is 0 Å². The van der Waals surface area contributed by atoms with E-state index in [0.717, 1.165) is 29.7 Å². The third-order valence-electron chi connectivity index (χ3n) is 3.11. The summed E-state index contributed by atoms with van der Waals surface area (Å²) in [6.45, 7) is 4.69. The predicted octanol–water partition coefficient (Wildman–Crippen LogP) is 1.81. The summed E-state index contributed by atoms with van der Waals surface area (Å²) in [7, 11) is 0. The molecule has 0 bridgehead atoms. The van der Waals surface area contributed by atoms with Gasteiger partial charge in [0.25, 0.3) is 0 Å². The van der Waals surface area contributed by atoms with Gasteiger partial charge >= 0.3 is 0 Å². The Labute approximate surface area is 110 Å². The summed E-state index contributed by atoms with van der Waals surface area (Å²) in [5.41, 5.74) is 1.06. The van der Waals surface area contributed by atoms with E-state index in [1.807, 2.05) is 36.1 Å². The third kappa shape index (κ3) is 3.07. The minimum absolute atomic E-state index is 0.220. The minimum Gasteiger partial charge on any atom is -0.337 e. The van der Waals surface area contributed by atoms with Crippen LogP contribution in [-0.4, -0.2) is 36.5 Å². The summed E-state index contributed by atoms with van der Waals surface area (Å²) < 4.78 is 1.02. The number of rotatable bonds is 4. The predicted molar refractivity (Wildman–Crippen MR) is 71.9 cm³/mol. The van der Waals surface area contributed by atoms with Crippen LogP contribution in [0.15, 0.2) is 28.7 Å². The first kappa shape index (κ1) is 12.6. The Bertz CT molecular complexity index is 404. The van der Waals surface area contributed by atoms with Crippen molar-refractivity contribution in [2.24, 2.45) is 0 Å². The minimum atomic E-state index is 0.220. The average Bonchev–Trinajstić information content (AvgIpc) is 2.22. The van der Waals surface area contributed by atoms with E-state index in [0.29, 0.717) is 12.5 Å². The Hall–Kier alpha value is -0.870. The molecule has 0 atom stereocenters. The van der Waals surface area contributed by atoms with Crippen molar-refractivity contribution in [1.29, 1.82) is 0 Å². The molecule has 1 aliphatic rings. The van der Waals surface area contributed by atoms with Crippen LogP contribution >= 0.6 is 15.9 Å². The molecular formula is C13H17BrN2O. The van der Waals surface area contributed by atoms with E-state index in [-0.39, 0.29) is 5.91 Å². The maximum absolute atomic E-state index is 12.2. The van der Waals surface area contributed by atoms with Crippen LogP contribution < -0.4 is 5.32 Å². The number of nitrogens with one attached hydrogen (secondary N) is 1. The monoisotopic (exact) mass is 296 g/mol. The molecule has 0 unspecified atom stereocenters. The Kier molecular flexibility index (Phi) is 4.18. The highest BCUT2D eigenvalue weighted by Gasteiger charge is 2.26. The molecule has 2 rings (SSSR count). The van der Waals surface area contributed by atoms with Crippen molar-refractivity contribution in [3.05, 3.63) is 34.3 Å². The molecule has 1 amide bonds. The van der Waals surface area contributed by atoms with Crippen molar-refractivity contribution >= 4 is 21.8 Å². The van der Waals surface area contributed by atoms with Crippen molar-refractivity contribution in [2.75, 3.05) is 19.6 Å². The molecule has 1 saturated heterocycles. The third-order valence-corrected chi connectivity index (χ3v) is 3.60. The SMILES string of the molecule is CCN(C(=O)Cc1cccc(Br)c1)C1CNC1. The lowest BCUT2D eigenvalue weighted by atomic mass is 10.1. The highest BCUT2D eigenvalue weighted by atomic mass is 79.9. The van der Waals surface area contributed by atoms with Crippen LogP contribution in [0.4, 0.5) is 0 Å². The highest BCUT2D eigenvalue weighted by Crippen LogP contribution is 2.14. The van der Waals surface area contributed by atoms with Gasteiger partial charge in [0.2, 0.25) is 5.91 Å². The molecule has 1 heterocycles. The summed E-state index contributed by atoms with van der Waals surface area (Å²) >= 11 is 3.43. The number of benzene rings is 1. The van der Waals surface area contributed by atoms with Crippen molar-refractivity contribution < 1.29 is 4.79 Å². The highest BCUT2D eigenvalue weighted by molar-refractivity contribution is 9.10. The fourth-order valence-corrected chi connectivity index (χ4v) is 2.50. The van der Waals surface area contributed by atoms with Gasteiger partial charge < -0.3 is 10.2 Å². The molecule has 0 saturated carbocycles. The van der Waals surface area contributed by atoms with E-state index in [1.54, 1.807) is 0 Å². The number of hydrogen-bond acceptors (Lipinski definition) is 2. The molecule has 0 radical (unpaired) electrons. The molecular weight excluding hydrogens is 280 g/mol. The standard InChI is InChI=1S/C13H17BrN2O/c1-2-16(12-8-15-9-12)13(17)7-10-4-3-5-11(14)6-10/h3-6,12,15H,2,7-9H2,1H3. The summed E-state index contributed by atoms with van der Waals surface area (Å²) in [4.78, 5) is 14.1. The van der Waals surface area contributed by atoms with Crippen LogP contribution in [0.5, 0.6) is 0 Å². The van der Waals surface area contributed by atoms with Crippen LogP contribution in [-0.2, 0) is 11.2 Å². The molecule has 0 aromatic heterocycles. The Morgan fingerprint density at radius 2 is 2.29 bits per heavy atom. The normalized spacial score (nSPS) is 15.4. The summed E-state index contributed by atoms with van der Waals surface area (Å²) in [5.74, 6) is 0.220. The van der Waals surface area contributed by atoms with Crippen molar-refractivity contribution in [3.8, 4) is 0 Å². The maximum atomic E-state index is 12.2. The van der Waals surface area contributed by atoms with Crippen molar-refractivity contribution in [1.82, 2.24) is 10.2 Å². The Balaban J connectivity index is 1.99. The number of amides is 1. The second-order valence-electron chi connectivity index (χ2n) is 4.30. The summed E-state index contributed by atoms with van der Waals surface area (Å²) in [6.07, 6.45) is 0.490. The van der Waals surface area contributed by atoms with E-state index in [9.17, 15) is 4.79 Å². The molecule has 92 valence electrons. The van der Waals surface area contributed by atoms with Crippen molar-refractivity contribution in [2.45, 2.75) is 19.4 Å². The Morgan fingerprint density at radius 3 is 2.82 bits per heavy atom. The zero-order chi connectivity index (χ0) is 12.3. The lowest BCUT2D eigenvalue weighted by Crippen LogP contribution is -2.59. The van der Waals surface area contributed by atoms with E-state index in [4.69, 9.17) is 0 Å². The first-order chi connectivity index (χ1) is 8.20. The maximum Gasteiger partial charge on any atom is 0.227 e. The van der Waals surface area contributed by atoms with Gasteiger partial charge in [0, 0.05) is 24.1 Å². The molecule has 17 heavy (non-hydrogen) atoms. The van der Waals surface area contributed by atoms with Crippen LogP contribution in [0.2, 0.25) is 0 Å². The number of likely N-dealkylation sites (N-methyl/N-ethyl adjacent to an activating group) is 1. The van der Waals surface area contributed by atoms with Gasteiger partial charge in [-0.1, -0.05) is 28.1 Å². The van der Waals surface area contributed by atoms with E-state index < -0.39 is 0 Å².